The molecule has 6 heteroatoms. The quantitative estimate of drug-likeness (QED) is 0.913. The summed E-state index contributed by atoms with van der Waals surface area (Å²) in [6.07, 6.45) is 0.518. The maximum atomic E-state index is 13.8. The number of hydrogen-bond donors (Lipinski definition) is 1. The molecule has 0 radical (unpaired) electrons. The highest BCUT2D eigenvalue weighted by Gasteiger charge is 2.33. The van der Waals surface area contributed by atoms with Crippen molar-refractivity contribution in [1.29, 1.82) is 0 Å². The minimum Gasteiger partial charge on any atom is -0.481 e. The Kier molecular flexibility index (Phi) is 4.28. The number of aliphatic carboxylic acids is 1. The number of carboxylic acids is 1. The molecule has 0 aromatic heterocycles. The van der Waals surface area contributed by atoms with Crippen molar-refractivity contribution in [3.05, 3.63) is 34.6 Å². The monoisotopic (exact) mass is 299 g/mol. The minimum atomic E-state index is -0.936. The van der Waals surface area contributed by atoms with E-state index < -0.39 is 23.6 Å². The smallest absolute Gasteiger partial charge is 0.308 e. The lowest BCUT2D eigenvalue weighted by Gasteiger charge is -2.34. The number of nitrogens with zero attached hydrogens (tertiary/aromatic N) is 1. The average molecular weight is 300 g/mol. The van der Waals surface area contributed by atoms with Crippen molar-refractivity contribution >= 4 is 23.5 Å². The molecule has 108 valence electrons. The van der Waals surface area contributed by atoms with Crippen molar-refractivity contribution in [2.24, 2.45) is 11.8 Å². The molecule has 1 aliphatic heterocycles. The Balaban J connectivity index is 2.26. The summed E-state index contributed by atoms with van der Waals surface area (Å²) in [5, 5.41) is 9.14. The lowest BCUT2D eigenvalue weighted by molar-refractivity contribution is -0.143. The van der Waals surface area contributed by atoms with Gasteiger partial charge in [0, 0.05) is 13.1 Å². The van der Waals surface area contributed by atoms with Crippen LogP contribution < -0.4 is 0 Å². The largest absolute Gasteiger partial charge is 0.481 e. The van der Waals surface area contributed by atoms with Crippen LogP contribution in [0.5, 0.6) is 0 Å². The number of amides is 1. The van der Waals surface area contributed by atoms with Gasteiger partial charge in [-0.1, -0.05) is 24.6 Å². The molecule has 1 heterocycles. The van der Waals surface area contributed by atoms with Crippen LogP contribution in [0.4, 0.5) is 4.39 Å². The highest BCUT2D eigenvalue weighted by molar-refractivity contribution is 6.33. The zero-order valence-corrected chi connectivity index (χ0v) is 11.7. The van der Waals surface area contributed by atoms with Crippen molar-refractivity contribution < 1.29 is 19.1 Å². The second kappa shape index (κ2) is 5.79. The van der Waals surface area contributed by atoms with Crippen LogP contribution in [-0.4, -0.2) is 35.0 Å². The van der Waals surface area contributed by atoms with Crippen LogP contribution in [0, 0.1) is 17.7 Å². The van der Waals surface area contributed by atoms with Crippen molar-refractivity contribution in [3.8, 4) is 0 Å². The summed E-state index contributed by atoms with van der Waals surface area (Å²) >= 11 is 5.88. The predicted molar refractivity (Wildman–Crippen MR) is 72.2 cm³/mol. The third kappa shape index (κ3) is 2.93. The summed E-state index contributed by atoms with van der Waals surface area (Å²) in [6, 6.07) is 4.04. The van der Waals surface area contributed by atoms with E-state index >= 15 is 0 Å². The van der Waals surface area contributed by atoms with Crippen LogP contribution in [0.25, 0.3) is 0 Å². The molecule has 1 N–H and O–H groups in total. The Morgan fingerprint density at radius 3 is 2.70 bits per heavy atom. The van der Waals surface area contributed by atoms with Crippen LogP contribution in [0.15, 0.2) is 18.2 Å². The van der Waals surface area contributed by atoms with E-state index in [9.17, 15) is 14.0 Å². The van der Waals surface area contributed by atoms with Crippen molar-refractivity contribution in [2.45, 2.75) is 13.3 Å². The number of likely N-dealkylation sites (tertiary alicyclic amines) is 1. The Hall–Kier alpha value is -1.62. The normalized spacial score (nSPS) is 22.6. The molecule has 1 aromatic rings. The van der Waals surface area contributed by atoms with Gasteiger partial charge >= 0.3 is 5.97 Å². The summed E-state index contributed by atoms with van der Waals surface area (Å²) in [4.78, 5) is 24.8. The SMILES string of the molecule is CC1CC(C(=O)O)CN(C(=O)c2c(F)cccc2Cl)C1. The number of carbonyl (C=O) groups is 2. The highest BCUT2D eigenvalue weighted by atomic mass is 35.5. The van der Waals surface area contributed by atoms with Crippen LogP contribution in [0.3, 0.4) is 0 Å². The van der Waals surface area contributed by atoms with E-state index in [2.05, 4.69) is 0 Å². The van der Waals surface area contributed by atoms with Crippen molar-refractivity contribution in [1.82, 2.24) is 4.90 Å². The molecule has 20 heavy (non-hydrogen) atoms. The molecular formula is C14H15ClFNO3. The second-order valence-corrected chi connectivity index (χ2v) is 5.59. The third-order valence-electron chi connectivity index (χ3n) is 3.47. The number of benzene rings is 1. The van der Waals surface area contributed by atoms with E-state index in [0.29, 0.717) is 13.0 Å². The zero-order valence-electron chi connectivity index (χ0n) is 11.0. The maximum Gasteiger partial charge on any atom is 0.308 e. The lowest BCUT2D eigenvalue weighted by Crippen LogP contribution is -2.45. The molecular weight excluding hydrogens is 285 g/mol. The molecule has 1 saturated heterocycles. The Morgan fingerprint density at radius 2 is 2.10 bits per heavy atom. The number of carboxylic acid groups (broad SMARTS) is 1. The fourth-order valence-corrected chi connectivity index (χ4v) is 2.80. The summed E-state index contributed by atoms with van der Waals surface area (Å²) < 4.78 is 13.8. The molecule has 2 atom stereocenters. The molecule has 1 aromatic carbocycles. The number of rotatable bonds is 2. The third-order valence-corrected chi connectivity index (χ3v) is 3.79. The standard InChI is InChI=1S/C14H15ClFNO3/c1-8-5-9(14(19)20)7-17(6-8)13(18)12-10(15)3-2-4-11(12)16/h2-4,8-9H,5-7H2,1H3,(H,19,20). The van der Waals surface area contributed by atoms with Gasteiger partial charge in [-0.05, 0) is 24.5 Å². The van der Waals surface area contributed by atoms with Gasteiger partial charge in [-0.2, -0.15) is 0 Å². The first-order valence-electron chi connectivity index (χ1n) is 6.36. The van der Waals surface area contributed by atoms with Gasteiger partial charge in [0.25, 0.3) is 5.91 Å². The molecule has 0 aliphatic carbocycles. The van der Waals surface area contributed by atoms with Gasteiger partial charge in [0.2, 0.25) is 0 Å². The van der Waals surface area contributed by atoms with Crippen LogP contribution in [-0.2, 0) is 4.79 Å². The minimum absolute atomic E-state index is 0.0418. The summed E-state index contributed by atoms with van der Waals surface area (Å²) in [6.45, 7) is 2.37. The van der Waals surface area contributed by atoms with E-state index in [1.54, 1.807) is 0 Å². The Morgan fingerprint density at radius 1 is 1.40 bits per heavy atom. The molecule has 0 spiro atoms. The zero-order chi connectivity index (χ0) is 14.9. The molecule has 0 saturated carbocycles. The van der Waals surface area contributed by atoms with Gasteiger partial charge in [0.1, 0.15) is 5.82 Å². The van der Waals surface area contributed by atoms with E-state index in [0.717, 1.165) is 0 Å². The number of piperidine rings is 1. The molecule has 4 nitrogen and oxygen atoms in total. The highest BCUT2D eigenvalue weighted by Crippen LogP contribution is 2.26. The van der Waals surface area contributed by atoms with Gasteiger partial charge in [-0.25, -0.2) is 4.39 Å². The molecule has 2 unspecified atom stereocenters. The van der Waals surface area contributed by atoms with Gasteiger partial charge < -0.3 is 10.0 Å². The van der Waals surface area contributed by atoms with Gasteiger partial charge in [-0.15, -0.1) is 0 Å². The maximum absolute atomic E-state index is 13.8. The molecule has 1 aliphatic rings. The average Bonchev–Trinajstić information content (AvgIpc) is 2.37. The van der Waals surface area contributed by atoms with Crippen LogP contribution in [0.2, 0.25) is 5.02 Å². The first kappa shape index (κ1) is 14.8. The first-order valence-corrected chi connectivity index (χ1v) is 6.74. The molecule has 1 amide bonds. The van der Waals surface area contributed by atoms with E-state index in [1.165, 1.54) is 23.1 Å². The molecule has 2 rings (SSSR count). The van der Waals surface area contributed by atoms with Gasteiger partial charge in [0.05, 0.1) is 16.5 Å². The summed E-state index contributed by atoms with van der Waals surface area (Å²) in [5.74, 6) is -2.74. The van der Waals surface area contributed by atoms with Crippen molar-refractivity contribution in [2.75, 3.05) is 13.1 Å². The van der Waals surface area contributed by atoms with E-state index in [-0.39, 0.29) is 23.0 Å². The fraction of sp³-hybridized carbons (Fsp3) is 0.429. The van der Waals surface area contributed by atoms with Gasteiger partial charge in [0.15, 0.2) is 0 Å². The Labute approximate surface area is 121 Å². The molecule has 1 fully saturated rings. The number of carbonyl (C=O) groups excluding carboxylic acids is 1. The second-order valence-electron chi connectivity index (χ2n) is 5.18. The van der Waals surface area contributed by atoms with Crippen molar-refractivity contribution in [3.63, 3.8) is 0 Å². The predicted octanol–water partition coefficient (Wildman–Crippen LogP) is 2.66. The van der Waals surface area contributed by atoms with Crippen LogP contribution in [0.1, 0.15) is 23.7 Å². The van der Waals surface area contributed by atoms with E-state index in [1.807, 2.05) is 6.92 Å². The number of halogens is 2. The summed E-state index contributed by atoms with van der Waals surface area (Å²) in [5.41, 5.74) is -0.188. The number of hydrogen-bond acceptors (Lipinski definition) is 2. The van der Waals surface area contributed by atoms with E-state index in [4.69, 9.17) is 16.7 Å². The first-order chi connectivity index (χ1) is 9.40. The van der Waals surface area contributed by atoms with Crippen LogP contribution >= 0.6 is 11.6 Å². The molecule has 0 bridgehead atoms. The van der Waals surface area contributed by atoms with Gasteiger partial charge in [-0.3, -0.25) is 9.59 Å². The topological polar surface area (TPSA) is 57.6 Å². The fourth-order valence-electron chi connectivity index (χ4n) is 2.56. The lowest BCUT2D eigenvalue weighted by atomic mass is 9.90. The Bertz CT molecular complexity index is 529. The summed E-state index contributed by atoms with van der Waals surface area (Å²) in [7, 11) is 0.